The molecular weight excluding hydrogens is 370 g/mol. The molecule has 0 amide bonds. The Morgan fingerprint density at radius 2 is 1.97 bits per heavy atom. The summed E-state index contributed by atoms with van der Waals surface area (Å²) in [6.07, 6.45) is 2.77. The molecule has 0 spiro atoms. The summed E-state index contributed by atoms with van der Waals surface area (Å²) in [7, 11) is 0. The first-order valence-corrected chi connectivity index (χ1v) is 9.25. The maximum absolute atomic E-state index is 13.4. The highest BCUT2D eigenvalue weighted by atomic mass is 16.5. The van der Waals surface area contributed by atoms with Gasteiger partial charge in [0.1, 0.15) is 12.9 Å². The number of aromatic nitrogens is 5. The largest absolute Gasteiger partial charge is 0.448 e. The van der Waals surface area contributed by atoms with Crippen LogP contribution in [0.25, 0.3) is 10.9 Å². The molecule has 0 aliphatic carbocycles. The zero-order valence-electron chi connectivity index (χ0n) is 15.8. The molecule has 2 heterocycles. The number of aromatic amines is 1. The van der Waals surface area contributed by atoms with E-state index in [0.29, 0.717) is 11.1 Å². The Labute approximate surface area is 166 Å². The highest BCUT2D eigenvalue weighted by Crippen LogP contribution is 2.29. The van der Waals surface area contributed by atoms with Crippen LogP contribution in [0.2, 0.25) is 0 Å². The molecule has 0 radical (unpaired) electrons. The number of nitrogens with one attached hydrogen (secondary N) is 1. The molecule has 146 valence electrons. The third kappa shape index (κ3) is 3.77. The molecule has 2 aromatic carbocycles. The SMILES string of the molecule is CCc1cccc2c(C(=O)C(OC(=O)Cn3cnnn3)c3ccccc3)c[nH]c12. The summed E-state index contributed by atoms with van der Waals surface area (Å²) < 4.78 is 6.83. The number of benzene rings is 2. The van der Waals surface area contributed by atoms with Gasteiger partial charge in [0, 0.05) is 28.2 Å². The van der Waals surface area contributed by atoms with Gasteiger partial charge < -0.3 is 9.72 Å². The number of hydrogen-bond donors (Lipinski definition) is 1. The van der Waals surface area contributed by atoms with Crippen LogP contribution in [0, 0.1) is 0 Å². The fourth-order valence-electron chi connectivity index (χ4n) is 3.31. The summed E-state index contributed by atoms with van der Waals surface area (Å²) in [5.74, 6) is -0.894. The Morgan fingerprint density at radius 1 is 1.14 bits per heavy atom. The van der Waals surface area contributed by atoms with Crippen LogP contribution < -0.4 is 0 Å². The second kappa shape index (κ2) is 8.05. The van der Waals surface area contributed by atoms with Gasteiger partial charge in [-0.2, -0.15) is 0 Å². The number of esters is 1. The van der Waals surface area contributed by atoms with E-state index in [-0.39, 0.29) is 12.3 Å². The van der Waals surface area contributed by atoms with Gasteiger partial charge in [-0.3, -0.25) is 9.59 Å². The molecule has 0 aliphatic heterocycles. The molecule has 0 bridgehead atoms. The van der Waals surface area contributed by atoms with E-state index in [1.807, 2.05) is 24.3 Å². The molecule has 4 aromatic rings. The number of nitrogens with zero attached hydrogens (tertiary/aromatic N) is 4. The van der Waals surface area contributed by atoms with Crippen molar-refractivity contribution in [2.24, 2.45) is 0 Å². The van der Waals surface area contributed by atoms with Crippen LogP contribution in [0.1, 0.15) is 34.5 Å². The number of Topliss-reactive ketones (excluding diaryl/α,β-unsaturated/α-hetero) is 1. The van der Waals surface area contributed by atoms with Crippen LogP contribution in [-0.4, -0.2) is 36.9 Å². The van der Waals surface area contributed by atoms with Crippen molar-refractivity contribution in [3.05, 3.63) is 77.7 Å². The van der Waals surface area contributed by atoms with Gasteiger partial charge in [-0.1, -0.05) is 55.5 Å². The van der Waals surface area contributed by atoms with Crippen LogP contribution in [0.4, 0.5) is 0 Å². The van der Waals surface area contributed by atoms with E-state index >= 15 is 0 Å². The van der Waals surface area contributed by atoms with Gasteiger partial charge in [0.05, 0.1) is 0 Å². The number of hydrogen-bond acceptors (Lipinski definition) is 6. The van der Waals surface area contributed by atoms with Crippen molar-refractivity contribution < 1.29 is 14.3 Å². The topological polar surface area (TPSA) is 103 Å². The molecule has 8 nitrogen and oxygen atoms in total. The molecule has 0 saturated carbocycles. The van der Waals surface area contributed by atoms with Crippen molar-refractivity contribution in [1.82, 2.24) is 25.2 Å². The van der Waals surface area contributed by atoms with Crippen LogP contribution in [0.3, 0.4) is 0 Å². The molecule has 0 aliphatic rings. The number of aryl methyl sites for hydroxylation is 1. The summed E-state index contributed by atoms with van der Waals surface area (Å²) >= 11 is 0. The molecule has 1 unspecified atom stereocenters. The van der Waals surface area contributed by atoms with Gasteiger partial charge in [0.2, 0.25) is 5.78 Å². The number of carbonyl (C=O) groups is 2. The lowest BCUT2D eigenvalue weighted by Gasteiger charge is -2.17. The Morgan fingerprint density at radius 3 is 2.69 bits per heavy atom. The highest BCUT2D eigenvalue weighted by Gasteiger charge is 2.28. The second-order valence-corrected chi connectivity index (χ2v) is 6.55. The van der Waals surface area contributed by atoms with Crippen molar-refractivity contribution in [3.8, 4) is 0 Å². The average molecular weight is 389 g/mol. The number of para-hydroxylation sites is 1. The van der Waals surface area contributed by atoms with Gasteiger partial charge in [0.25, 0.3) is 0 Å². The molecule has 0 fully saturated rings. The number of ether oxygens (including phenoxy) is 1. The predicted octanol–water partition coefficient (Wildman–Crippen LogP) is 2.88. The quantitative estimate of drug-likeness (QED) is 0.385. The third-order valence-corrected chi connectivity index (χ3v) is 4.72. The lowest BCUT2D eigenvalue weighted by molar-refractivity contribution is -0.148. The molecule has 4 rings (SSSR count). The molecular formula is C21H19N5O3. The molecule has 1 atom stereocenters. The number of rotatable bonds is 7. The van der Waals surface area contributed by atoms with Crippen molar-refractivity contribution in [1.29, 1.82) is 0 Å². The Bertz CT molecular complexity index is 1140. The number of carbonyl (C=O) groups excluding carboxylic acids is 2. The van der Waals surface area contributed by atoms with Crippen LogP contribution in [-0.2, 0) is 22.5 Å². The maximum atomic E-state index is 13.4. The molecule has 8 heteroatoms. The number of tetrazole rings is 1. The zero-order chi connectivity index (χ0) is 20.2. The van der Waals surface area contributed by atoms with E-state index in [0.717, 1.165) is 22.9 Å². The zero-order valence-corrected chi connectivity index (χ0v) is 15.8. The normalized spacial score (nSPS) is 12.0. The Hall–Kier alpha value is -3.81. The lowest BCUT2D eigenvalue weighted by Crippen LogP contribution is -2.23. The first-order valence-electron chi connectivity index (χ1n) is 9.25. The predicted molar refractivity (Wildman–Crippen MR) is 105 cm³/mol. The second-order valence-electron chi connectivity index (χ2n) is 6.55. The fraction of sp³-hybridized carbons (Fsp3) is 0.190. The van der Waals surface area contributed by atoms with Crippen LogP contribution >= 0.6 is 0 Å². The van der Waals surface area contributed by atoms with E-state index in [1.54, 1.807) is 30.5 Å². The number of fused-ring (bicyclic) bond motifs is 1. The molecule has 29 heavy (non-hydrogen) atoms. The summed E-state index contributed by atoms with van der Waals surface area (Å²) in [4.78, 5) is 29.0. The van der Waals surface area contributed by atoms with Crippen LogP contribution in [0.15, 0.2) is 61.1 Å². The van der Waals surface area contributed by atoms with Crippen molar-refractivity contribution >= 4 is 22.7 Å². The van der Waals surface area contributed by atoms with Crippen molar-refractivity contribution in [2.45, 2.75) is 26.0 Å². The molecule has 0 saturated heterocycles. The first-order chi connectivity index (χ1) is 14.2. The summed E-state index contributed by atoms with van der Waals surface area (Å²) in [5.41, 5.74) is 3.13. The fourth-order valence-corrected chi connectivity index (χ4v) is 3.31. The third-order valence-electron chi connectivity index (χ3n) is 4.72. The smallest absolute Gasteiger partial charge is 0.328 e. The Kier molecular flexibility index (Phi) is 5.15. The average Bonchev–Trinajstić information content (AvgIpc) is 3.41. The minimum Gasteiger partial charge on any atom is -0.448 e. The minimum absolute atomic E-state index is 0.183. The highest BCUT2D eigenvalue weighted by molar-refractivity contribution is 6.11. The molecule has 2 aromatic heterocycles. The van der Waals surface area contributed by atoms with E-state index in [9.17, 15) is 9.59 Å². The number of H-pyrrole nitrogens is 1. The van der Waals surface area contributed by atoms with E-state index in [2.05, 4.69) is 27.4 Å². The maximum Gasteiger partial charge on any atom is 0.328 e. The first kappa shape index (κ1) is 18.5. The lowest BCUT2D eigenvalue weighted by atomic mass is 9.98. The molecule has 1 N–H and O–H groups in total. The Balaban J connectivity index is 1.68. The summed E-state index contributed by atoms with van der Waals surface area (Å²) in [5, 5.41) is 11.5. The van der Waals surface area contributed by atoms with Gasteiger partial charge in [0.15, 0.2) is 6.10 Å². The van der Waals surface area contributed by atoms with Crippen molar-refractivity contribution in [2.75, 3.05) is 0 Å². The standard InChI is InChI=1S/C21H19N5O3/c1-2-14-9-6-10-16-17(11-22-19(14)16)20(28)21(15-7-4-3-5-8-15)29-18(27)12-26-13-23-24-25-26/h3-11,13,21-22H,2,12H2,1H3. The van der Waals surface area contributed by atoms with E-state index in [1.165, 1.54) is 11.0 Å². The summed E-state index contributed by atoms with van der Waals surface area (Å²) in [6, 6.07) is 14.8. The van der Waals surface area contributed by atoms with Crippen LogP contribution in [0.5, 0.6) is 0 Å². The van der Waals surface area contributed by atoms with Crippen molar-refractivity contribution in [3.63, 3.8) is 0 Å². The van der Waals surface area contributed by atoms with Gasteiger partial charge in [-0.05, 0) is 22.4 Å². The van der Waals surface area contributed by atoms with Gasteiger partial charge in [-0.25, -0.2) is 4.68 Å². The van der Waals surface area contributed by atoms with E-state index in [4.69, 9.17) is 4.74 Å². The number of ketones is 1. The van der Waals surface area contributed by atoms with Gasteiger partial charge >= 0.3 is 5.97 Å². The van der Waals surface area contributed by atoms with Gasteiger partial charge in [-0.15, -0.1) is 5.10 Å². The monoisotopic (exact) mass is 389 g/mol. The summed E-state index contributed by atoms with van der Waals surface area (Å²) in [6.45, 7) is 1.88. The van der Waals surface area contributed by atoms with E-state index < -0.39 is 12.1 Å². The minimum atomic E-state index is -1.07.